The van der Waals surface area contributed by atoms with Crippen LogP contribution >= 0.6 is 0 Å². The topological polar surface area (TPSA) is 61.4 Å². The summed E-state index contributed by atoms with van der Waals surface area (Å²) >= 11 is 0. The van der Waals surface area contributed by atoms with E-state index in [1.54, 1.807) is 0 Å². The van der Waals surface area contributed by atoms with Gasteiger partial charge in [-0.3, -0.25) is 10.1 Å². The first-order chi connectivity index (χ1) is 7.09. The highest BCUT2D eigenvalue weighted by Crippen LogP contribution is 2.01. The number of carbonyl (C=O) groups excluding carboxylic acids is 2. The SMILES string of the molecule is CC(C)N1CCCNC(=O)NC(=O)CC1. The van der Waals surface area contributed by atoms with Gasteiger partial charge in [0.05, 0.1) is 0 Å². The largest absolute Gasteiger partial charge is 0.338 e. The molecule has 0 atom stereocenters. The van der Waals surface area contributed by atoms with E-state index in [0.29, 0.717) is 19.0 Å². The van der Waals surface area contributed by atoms with Crippen LogP contribution in [0.4, 0.5) is 4.79 Å². The molecule has 0 spiro atoms. The summed E-state index contributed by atoms with van der Waals surface area (Å²) in [6.45, 7) is 6.48. The average Bonchev–Trinajstić information content (AvgIpc) is 2.15. The fourth-order valence-corrected chi connectivity index (χ4v) is 1.59. The minimum Gasteiger partial charge on any atom is -0.338 e. The second-order valence-electron chi connectivity index (χ2n) is 4.04. The molecule has 5 nitrogen and oxygen atoms in total. The van der Waals surface area contributed by atoms with E-state index in [2.05, 4.69) is 29.4 Å². The third kappa shape index (κ3) is 4.29. The Balaban J connectivity index is 2.49. The summed E-state index contributed by atoms with van der Waals surface area (Å²) in [6.07, 6.45) is 1.30. The molecule has 2 N–H and O–H groups in total. The molecule has 0 saturated carbocycles. The molecule has 1 heterocycles. The van der Waals surface area contributed by atoms with Crippen molar-refractivity contribution >= 4 is 11.9 Å². The van der Waals surface area contributed by atoms with E-state index >= 15 is 0 Å². The van der Waals surface area contributed by atoms with Crippen LogP contribution in [0, 0.1) is 0 Å². The van der Waals surface area contributed by atoms with Crippen molar-refractivity contribution in [3.63, 3.8) is 0 Å². The quantitative estimate of drug-likeness (QED) is 0.659. The number of hydrogen-bond donors (Lipinski definition) is 2. The van der Waals surface area contributed by atoms with E-state index in [9.17, 15) is 9.59 Å². The molecule has 1 rings (SSSR count). The Morgan fingerprint density at radius 2 is 2.00 bits per heavy atom. The Bertz CT molecular complexity index is 241. The molecule has 0 aromatic carbocycles. The lowest BCUT2D eigenvalue weighted by atomic mass is 10.2. The zero-order valence-corrected chi connectivity index (χ0v) is 9.38. The number of nitrogens with one attached hydrogen (secondary N) is 2. The van der Waals surface area contributed by atoms with Crippen molar-refractivity contribution in [2.75, 3.05) is 19.6 Å². The van der Waals surface area contributed by atoms with Crippen molar-refractivity contribution < 1.29 is 9.59 Å². The van der Waals surface area contributed by atoms with E-state index in [1.807, 2.05) is 0 Å². The van der Waals surface area contributed by atoms with Gasteiger partial charge in [-0.2, -0.15) is 0 Å². The van der Waals surface area contributed by atoms with Gasteiger partial charge in [0.25, 0.3) is 0 Å². The number of hydrogen-bond acceptors (Lipinski definition) is 3. The van der Waals surface area contributed by atoms with Crippen LogP contribution in [0.5, 0.6) is 0 Å². The normalized spacial score (nSPS) is 21.0. The van der Waals surface area contributed by atoms with Gasteiger partial charge in [-0.05, 0) is 20.3 Å². The van der Waals surface area contributed by atoms with Crippen molar-refractivity contribution in [3.8, 4) is 0 Å². The Kier molecular flexibility index (Phi) is 4.55. The van der Waals surface area contributed by atoms with E-state index in [-0.39, 0.29) is 11.9 Å². The minimum absolute atomic E-state index is 0.208. The Labute approximate surface area is 90.2 Å². The molecule has 1 aliphatic heterocycles. The van der Waals surface area contributed by atoms with Crippen molar-refractivity contribution in [1.29, 1.82) is 0 Å². The molecule has 1 aliphatic rings. The molecule has 0 aromatic heterocycles. The Morgan fingerprint density at radius 3 is 2.67 bits per heavy atom. The molecule has 1 saturated heterocycles. The first kappa shape index (κ1) is 12.0. The van der Waals surface area contributed by atoms with Crippen LogP contribution in [-0.2, 0) is 4.79 Å². The summed E-state index contributed by atoms with van der Waals surface area (Å²) in [5.41, 5.74) is 0. The molecule has 3 amide bonds. The first-order valence-corrected chi connectivity index (χ1v) is 5.41. The second-order valence-corrected chi connectivity index (χ2v) is 4.04. The van der Waals surface area contributed by atoms with E-state index in [0.717, 1.165) is 19.5 Å². The molecule has 0 unspecified atom stereocenters. The number of amides is 3. The highest BCUT2D eigenvalue weighted by molar-refractivity contribution is 5.94. The highest BCUT2D eigenvalue weighted by Gasteiger charge is 2.14. The van der Waals surface area contributed by atoms with Gasteiger partial charge in [0.1, 0.15) is 0 Å². The number of nitrogens with zero attached hydrogens (tertiary/aromatic N) is 1. The summed E-state index contributed by atoms with van der Waals surface area (Å²) < 4.78 is 0. The fraction of sp³-hybridized carbons (Fsp3) is 0.800. The van der Waals surface area contributed by atoms with Gasteiger partial charge in [0.2, 0.25) is 5.91 Å². The van der Waals surface area contributed by atoms with Crippen LogP contribution in [0.25, 0.3) is 0 Å². The molecule has 5 heteroatoms. The summed E-state index contributed by atoms with van der Waals surface area (Å²) in [5.74, 6) is -0.208. The molecule has 1 fully saturated rings. The predicted molar refractivity (Wildman–Crippen MR) is 57.5 cm³/mol. The van der Waals surface area contributed by atoms with Crippen molar-refractivity contribution in [3.05, 3.63) is 0 Å². The number of imide groups is 1. The first-order valence-electron chi connectivity index (χ1n) is 5.41. The number of rotatable bonds is 1. The fourth-order valence-electron chi connectivity index (χ4n) is 1.59. The molecule has 0 bridgehead atoms. The number of urea groups is 1. The Morgan fingerprint density at radius 1 is 1.27 bits per heavy atom. The standard InChI is InChI=1S/C10H19N3O2/c1-8(2)13-6-3-5-11-10(15)12-9(14)4-7-13/h8H,3-7H2,1-2H3,(H2,11,12,14,15). The van der Waals surface area contributed by atoms with Crippen molar-refractivity contribution in [2.24, 2.45) is 0 Å². The van der Waals surface area contributed by atoms with Crippen LogP contribution in [0.1, 0.15) is 26.7 Å². The smallest absolute Gasteiger partial charge is 0.321 e. The number of carbonyl (C=O) groups is 2. The highest BCUT2D eigenvalue weighted by atomic mass is 16.2. The zero-order valence-electron chi connectivity index (χ0n) is 9.38. The van der Waals surface area contributed by atoms with Crippen LogP contribution < -0.4 is 10.6 Å². The van der Waals surface area contributed by atoms with Gasteiger partial charge in [-0.15, -0.1) is 0 Å². The maximum Gasteiger partial charge on any atom is 0.321 e. The van der Waals surface area contributed by atoms with Crippen LogP contribution in [-0.4, -0.2) is 42.5 Å². The maximum atomic E-state index is 11.3. The lowest BCUT2D eigenvalue weighted by molar-refractivity contribution is -0.120. The summed E-state index contributed by atoms with van der Waals surface area (Å²) in [6, 6.07) is 0.0610. The van der Waals surface area contributed by atoms with Gasteiger partial charge >= 0.3 is 6.03 Å². The molecule has 0 aromatic rings. The molecule has 0 radical (unpaired) electrons. The maximum absolute atomic E-state index is 11.3. The lowest BCUT2D eigenvalue weighted by Gasteiger charge is -2.27. The molecule has 0 aliphatic carbocycles. The van der Waals surface area contributed by atoms with Crippen LogP contribution in [0.15, 0.2) is 0 Å². The van der Waals surface area contributed by atoms with Gasteiger partial charge < -0.3 is 10.2 Å². The predicted octanol–water partition coefficient (Wildman–Crippen LogP) is 0.316. The van der Waals surface area contributed by atoms with Crippen molar-refractivity contribution in [1.82, 2.24) is 15.5 Å². The van der Waals surface area contributed by atoms with Gasteiger partial charge in [-0.25, -0.2) is 4.79 Å². The second kappa shape index (κ2) is 5.70. The van der Waals surface area contributed by atoms with E-state index < -0.39 is 0 Å². The third-order valence-corrected chi connectivity index (χ3v) is 2.52. The summed E-state index contributed by atoms with van der Waals surface area (Å²) in [5, 5.41) is 4.94. The molecular formula is C10H19N3O2. The summed E-state index contributed by atoms with van der Waals surface area (Å²) in [4.78, 5) is 24.6. The van der Waals surface area contributed by atoms with Gasteiger partial charge in [-0.1, -0.05) is 0 Å². The van der Waals surface area contributed by atoms with Gasteiger partial charge in [0, 0.05) is 32.1 Å². The molecule has 86 valence electrons. The lowest BCUT2D eigenvalue weighted by Crippen LogP contribution is -2.44. The van der Waals surface area contributed by atoms with E-state index in [1.165, 1.54) is 0 Å². The third-order valence-electron chi connectivity index (χ3n) is 2.52. The molecular weight excluding hydrogens is 194 g/mol. The van der Waals surface area contributed by atoms with Crippen LogP contribution in [0.2, 0.25) is 0 Å². The minimum atomic E-state index is -0.377. The summed E-state index contributed by atoms with van der Waals surface area (Å²) in [7, 11) is 0. The average molecular weight is 213 g/mol. The van der Waals surface area contributed by atoms with Crippen LogP contribution in [0.3, 0.4) is 0 Å². The zero-order chi connectivity index (χ0) is 11.3. The van der Waals surface area contributed by atoms with E-state index in [4.69, 9.17) is 0 Å². The molecule has 15 heavy (non-hydrogen) atoms. The Hall–Kier alpha value is -1.10. The van der Waals surface area contributed by atoms with Crippen molar-refractivity contribution in [2.45, 2.75) is 32.7 Å². The monoisotopic (exact) mass is 213 g/mol. The van der Waals surface area contributed by atoms with Gasteiger partial charge in [0.15, 0.2) is 0 Å².